The molecule has 4 rings (SSSR count). The van der Waals surface area contributed by atoms with Gasteiger partial charge in [0, 0.05) is 40.0 Å². The molecule has 0 aliphatic carbocycles. The van der Waals surface area contributed by atoms with Crippen molar-refractivity contribution < 1.29 is 0 Å². The monoisotopic (exact) mass is 432 g/mol. The van der Waals surface area contributed by atoms with Crippen molar-refractivity contribution in [1.82, 2.24) is 19.9 Å². The summed E-state index contributed by atoms with van der Waals surface area (Å²) in [6.07, 6.45) is 8.51. The van der Waals surface area contributed by atoms with Crippen LogP contribution in [0.15, 0.2) is 60.1 Å². The zero-order chi connectivity index (χ0) is 17.8. The lowest BCUT2D eigenvalue weighted by atomic mass is 10.2. The summed E-state index contributed by atoms with van der Waals surface area (Å²) in [7, 11) is 0. The molecule has 0 aliphatic rings. The number of halogens is 3. The Hall–Kier alpha value is -2.08. The summed E-state index contributed by atoms with van der Waals surface area (Å²) in [5.41, 5.74) is 2.45. The molecule has 0 radical (unpaired) electrons. The van der Waals surface area contributed by atoms with Crippen LogP contribution < -0.4 is 0 Å². The molecule has 0 fully saturated rings. The van der Waals surface area contributed by atoms with Crippen LogP contribution in [0.25, 0.3) is 27.9 Å². The van der Waals surface area contributed by atoms with E-state index in [0.29, 0.717) is 10.3 Å². The third-order valence-corrected chi connectivity index (χ3v) is 4.32. The van der Waals surface area contributed by atoms with Gasteiger partial charge in [-0.2, -0.15) is 0 Å². The van der Waals surface area contributed by atoms with E-state index in [-0.39, 0.29) is 0 Å². The molecule has 0 N–H and O–H groups in total. The lowest BCUT2D eigenvalue weighted by Crippen LogP contribution is -1.84. The number of rotatable bonds is 1. The molecule has 7 heteroatoms. The second-order valence-corrected chi connectivity index (χ2v) is 6.60. The number of hydrogen-bond donors (Lipinski definition) is 0. The summed E-state index contributed by atoms with van der Waals surface area (Å²) in [6.45, 7) is 3.67. The summed E-state index contributed by atoms with van der Waals surface area (Å²) in [6, 6.07) is 7.68. The van der Waals surface area contributed by atoms with Crippen molar-refractivity contribution in [3.8, 4) is 0 Å². The van der Waals surface area contributed by atoms with E-state index in [1.807, 2.05) is 24.3 Å². The molecule has 0 spiro atoms. The highest BCUT2D eigenvalue weighted by Crippen LogP contribution is 2.21. The molecule has 0 aliphatic heterocycles. The third-order valence-electron chi connectivity index (χ3n) is 3.33. The maximum Gasteiger partial charge on any atom is 0.155 e. The van der Waals surface area contributed by atoms with E-state index >= 15 is 0 Å². The molecule has 4 aromatic heterocycles. The lowest BCUT2D eigenvalue weighted by Gasteiger charge is -1.99. The molecular formula is C18H11BrCl2N4. The average molecular weight is 434 g/mol. The molecule has 0 aromatic carbocycles. The Morgan fingerprint density at radius 3 is 2.00 bits per heavy atom. The molecule has 0 unspecified atom stereocenters. The van der Waals surface area contributed by atoms with Crippen LogP contribution in [0.3, 0.4) is 0 Å². The Morgan fingerprint density at radius 1 is 0.840 bits per heavy atom. The minimum atomic E-state index is 0.438. The second-order valence-electron chi connectivity index (χ2n) is 4.97. The van der Waals surface area contributed by atoms with Gasteiger partial charge in [0.25, 0.3) is 0 Å². The van der Waals surface area contributed by atoms with Gasteiger partial charge in [0.1, 0.15) is 11.0 Å². The Kier molecular flexibility index (Phi) is 5.58. The number of fused-ring (bicyclic) bond motifs is 2. The summed E-state index contributed by atoms with van der Waals surface area (Å²) in [4.78, 5) is 16.2. The van der Waals surface area contributed by atoms with Gasteiger partial charge in [-0.25, -0.2) is 9.97 Å². The highest BCUT2D eigenvalue weighted by molar-refractivity contribution is 9.10. The summed E-state index contributed by atoms with van der Waals surface area (Å²) < 4.78 is 0.942. The van der Waals surface area contributed by atoms with E-state index in [0.717, 1.165) is 31.8 Å². The van der Waals surface area contributed by atoms with Crippen molar-refractivity contribution in [3.63, 3.8) is 0 Å². The first-order valence-corrected chi connectivity index (χ1v) is 8.72. The van der Waals surface area contributed by atoms with Gasteiger partial charge in [0.15, 0.2) is 10.3 Å². The van der Waals surface area contributed by atoms with Crippen molar-refractivity contribution >= 4 is 67.0 Å². The third kappa shape index (κ3) is 4.12. The molecule has 0 saturated heterocycles. The van der Waals surface area contributed by atoms with E-state index in [1.54, 1.807) is 30.9 Å². The average Bonchev–Trinajstić information content (AvgIpc) is 2.62. The molecule has 4 nitrogen and oxygen atoms in total. The first kappa shape index (κ1) is 17.7. The topological polar surface area (TPSA) is 51.6 Å². The van der Waals surface area contributed by atoms with Gasteiger partial charge in [0.05, 0.1) is 0 Å². The minimum Gasteiger partial charge on any atom is -0.252 e. The van der Waals surface area contributed by atoms with Crippen LogP contribution in [0, 0.1) is 0 Å². The van der Waals surface area contributed by atoms with Gasteiger partial charge in [-0.3, -0.25) is 9.97 Å². The number of nitrogens with zero attached hydrogens (tertiary/aromatic N) is 4. The van der Waals surface area contributed by atoms with Gasteiger partial charge in [0.2, 0.25) is 0 Å². The van der Waals surface area contributed by atoms with Gasteiger partial charge in [-0.05, 0) is 45.8 Å². The fraction of sp³-hybridized carbons (Fsp3) is 0. The maximum atomic E-state index is 5.85. The van der Waals surface area contributed by atoms with Crippen LogP contribution in [0.5, 0.6) is 0 Å². The Bertz CT molecular complexity index is 1070. The Morgan fingerprint density at radius 2 is 1.40 bits per heavy atom. The minimum absolute atomic E-state index is 0.438. The molecule has 25 heavy (non-hydrogen) atoms. The van der Waals surface area contributed by atoms with Crippen molar-refractivity contribution in [2.45, 2.75) is 0 Å². The molecule has 124 valence electrons. The van der Waals surface area contributed by atoms with Gasteiger partial charge >= 0.3 is 0 Å². The fourth-order valence-corrected chi connectivity index (χ4v) is 2.93. The first-order chi connectivity index (χ1) is 12.1. The van der Waals surface area contributed by atoms with Gasteiger partial charge < -0.3 is 0 Å². The maximum absolute atomic E-state index is 5.85. The lowest BCUT2D eigenvalue weighted by molar-refractivity contribution is 1.30. The van der Waals surface area contributed by atoms with Crippen LogP contribution >= 0.6 is 39.1 Å². The van der Waals surface area contributed by atoms with Crippen molar-refractivity contribution in [2.75, 3.05) is 0 Å². The van der Waals surface area contributed by atoms with Gasteiger partial charge in [-0.15, -0.1) is 0 Å². The Labute approximate surface area is 162 Å². The van der Waals surface area contributed by atoms with E-state index < -0.39 is 0 Å². The van der Waals surface area contributed by atoms with E-state index in [1.165, 1.54) is 0 Å². The second kappa shape index (κ2) is 7.87. The highest BCUT2D eigenvalue weighted by atomic mass is 79.9. The largest absolute Gasteiger partial charge is 0.252 e. The summed E-state index contributed by atoms with van der Waals surface area (Å²) in [5, 5.41) is 2.86. The van der Waals surface area contributed by atoms with Crippen molar-refractivity contribution in [3.05, 3.63) is 76.0 Å². The molecular weight excluding hydrogens is 423 g/mol. The number of aromatic nitrogens is 4. The number of pyridine rings is 4. The van der Waals surface area contributed by atoms with Crippen LogP contribution in [0.4, 0.5) is 0 Å². The fourth-order valence-electron chi connectivity index (χ4n) is 2.15. The normalized spacial score (nSPS) is 10.4. The van der Waals surface area contributed by atoms with Crippen LogP contribution in [0.1, 0.15) is 5.56 Å². The van der Waals surface area contributed by atoms with Crippen LogP contribution in [-0.4, -0.2) is 19.9 Å². The molecule has 4 heterocycles. The number of hydrogen-bond acceptors (Lipinski definition) is 4. The SMILES string of the molecule is C=Cc1cnc2c(Cl)nccc2c1.Clc1nccc2cc(Br)cnc12. The van der Waals surface area contributed by atoms with Gasteiger partial charge in [-0.1, -0.05) is 35.9 Å². The summed E-state index contributed by atoms with van der Waals surface area (Å²) in [5.74, 6) is 0. The molecule has 0 saturated carbocycles. The summed E-state index contributed by atoms with van der Waals surface area (Å²) >= 11 is 15.0. The smallest absolute Gasteiger partial charge is 0.155 e. The molecule has 0 atom stereocenters. The van der Waals surface area contributed by atoms with E-state index in [2.05, 4.69) is 42.4 Å². The van der Waals surface area contributed by atoms with Crippen LogP contribution in [0.2, 0.25) is 10.3 Å². The van der Waals surface area contributed by atoms with E-state index in [9.17, 15) is 0 Å². The standard InChI is InChI=1S/C10H7ClN2.C8H4BrClN2/c1-2-7-5-8-3-4-12-10(11)9(8)13-6-7;9-6-3-5-1-2-11-8(10)7(5)12-4-6/h2-6H,1H2;1-4H. The zero-order valence-electron chi connectivity index (χ0n) is 12.8. The van der Waals surface area contributed by atoms with Crippen LogP contribution in [-0.2, 0) is 0 Å². The van der Waals surface area contributed by atoms with Crippen molar-refractivity contribution in [2.24, 2.45) is 0 Å². The predicted octanol–water partition coefficient (Wildman–Crippen LogP) is 5.97. The molecule has 0 bridgehead atoms. The Balaban J connectivity index is 0.000000146. The first-order valence-electron chi connectivity index (χ1n) is 7.17. The molecule has 4 aromatic rings. The quantitative estimate of drug-likeness (QED) is 0.347. The predicted molar refractivity (Wildman–Crippen MR) is 107 cm³/mol. The highest BCUT2D eigenvalue weighted by Gasteiger charge is 2.01. The zero-order valence-corrected chi connectivity index (χ0v) is 15.9. The van der Waals surface area contributed by atoms with Crippen molar-refractivity contribution in [1.29, 1.82) is 0 Å². The molecule has 0 amide bonds. The van der Waals surface area contributed by atoms with E-state index in [4.69, 9.17) is 23.2 Å².